The summed E-state index contributed by atoms with van der Waals surface area (Å²) in [5, 5.41) is 9.47. The van der Waals surface area contributed by atoms with Crippen LogP contribution in [0.5, 0.6) is 0 Å². The first kappa shape index (κ1) is 11.2. The number of cyclic esters (lactones) is 2. The van der Waals surface area contributed by atoms with Crippen LogP contribution >= 0.6 is 0 Å². The third kappa shape index (κ3) is 0.702. The number of rotatable bonds is 0. The van der Waals surface area contributed by atoms with Crippen molar-refractivity contribution >= 4 is 11.9 Å². The van der Waals surface area contributed by atoms with E-state index in [0.29, 0.717) is 12.8 Å². The van der Waals surface area contributed by atoms with Gasteiger partial charge in [-0.3, -0.25) is 9.59 Å². The normalized spacial score (nSPS) is 61.4. The molecule has 5 rings (SSSR count). The van der Waals surface area contributed by atoms with Crippen molar-refractivity contribution in [3.63, 3.8) is 0 Å². The number of hydrogen-bond acceptors (Lipinski definition) is 4. The second-order valence-electron chi connectivity index (χ2n) is 7.09. The standard InChI is InChI=1S/C15H14FNO3/c16-11-9-3-4-10(11)15-8-2-1-7(6(8)5-17)14(9,15)12(18)20-13(15)19/h6-11H,1-4H2. The van der Waals surface area contributed by atoms with Crippen LogP contribution in [0.15, 0.2) is 0 Å². The second-order valence-corrected chi connectivity index (χ2v) is 7.09. The molecule has 5 aliphatic rings. The summed E-state index contributed by atoms with van der Waals surface area (Å²) in [5.74, 6) is -2.48. The van der Waals surface area contributed by atoms with E-state index < -0.39 is 40.8 Å². The molecular weight excluding hydrogens is 261 g/mol. The molecule has 1 aliphatic heterocycles. The van der Waals surface area contributed by atoms with Crippen molar-refractivity contribution in [2.45, 2.75) is 31.9 Å². The Morgan fingerprint density at radius 3 is 1.90 bits per heavy atom. The first-order valence-corrected chi connectivity index (χ1v) is 7.42. The van der Waals surface area contributed by atoms with Crippen molar-refractivity contribution in [3.8, 4) is 6.07 Å². The Balaban J connectivity index is 1.86. The van der Waals surface area contributed by atoms with Gasteiger partial charge in [-0.2, -0.15) is 5.26 Å². The molecule has 0 aromatic heterocycles. The van der Waals surface area contributed by atoms with Crippen LogP contribution in [0.1, 0.15) is 25.7 Å². The lowest BCUT2D eigenvalue weighted by molar-refractivity contribution is -0.160. The summed E-state index contributed by atoms with van der Waals surface area (Å²) in [6.07, 6.45) is 1.73. The van der Waals surface area contributed by atoms with Crippen molar-refractivity contribution in [2.24, 2.45) is 40.4 Å². The van der Waals surface area contributed by atoms with Gasteiger partial charge in [0.05, 0.1) is 22.8 Å². The Kier molecular flexibility index (Phi) is 1.65. The first-order valence-electron chi connectivity index (χ1n) is 7.42. The number of ether oxygens (including phenoxy) is 1. The van der Waals surface area contributed by atoms with Crippen LogP contribution in [0.25, 0.3) is 0 Å². The van der Waals surface area contributed by atoms with E-state index in [1.54, 1.807) is 0 Å². The number of nitriles is 1. The summed E-state index contributed by atoms with van der Waals surface area (Å²) in [6, 6.07) is 2.32. The van der Waals surface area contributed by atoms with Gasteiger partial charge in [0.25, 0.3) is 0 Å². The molecule has 4 nitrogen and oxygen atoms in total. The minimum absolute atomic E-state index is 0.176. The summed E-state index contributed by atoms with van der Waals surface area (Å²) in [6.45, 7) is 0. The molecule has 104 valence electrons. The molecule has 6 unspecified atom stereocenters. The highest BCUT2D eigenvalue weighted by atomic mass is 19.1. The van der Waals surface area contributed by atoms with Crippen LogP contribution < -0.4 is 0 Å². The summed E-state index contributed by atoms with van der Waals surface area (Å²) < 4.78 is 19.7. The van der Waals surface area contributed by atoms with Crippen LogP contribution in [-0.4, -0.2) is 18.1 Å². The molecule has 4 saturated carbocycles. The number of carbonyl (C=O) groups excluding carboxylic acids is 2. The summed E-state index contributed by atoms with van der Waals surface area (Å²) in [7, 11) is 0. The van der Waals surface area contributed by atoms with E-state index in [9.17, 15) is 19.2 Å². The van der Waals surface area contributed by atoms with Gasteiger partial charge in [0.15, 0.2) is 0 Å². The van der Waals surface area contributed by atoms with Crippen LogP contribution in [0, 0.1) is 51.8 Å². The van der Waals surface area contributed by atoms with Crippen LogP contribution in [0.3, 0.4) is 0 Å². The van der Waals surface area contributed by atoms with Gasteiger partial charge in [0.1, 0.15) is 6.17 Å². The van der Waals surface area contributed by atoms with E-state index in [2.05, 4.69) is 6.07 Å². The van der Waals surface area contributed by atoms with Gasteiger partial charge in [0, 0.05) is 11.8 Å². The molecule has 1 saturated heterocycles. The molecule has 0 radical (unpaired) electrons. The van der Waals surface area contributed by atoms with Crippen molar-refractivity contribution < 1.29 is 18.7 Å². The average molecular weight is 275 g/mol. The van der Waals surface area contributed by atoms with Crippen molar-refractivity contribution in [3.05, 3.63) is 0 Å². The number of esters is 2. The molecule has 0 spiro atoms. The first-order chi connectivity index (χ1) is 9.61. The minimum Gasteiger partial charge on any atom is -0.392 e. The highest BCUT2D eigenvalue weighted by Crippen LogP contribution is 2.84. The second kappa shape index (κ2) is 2.93. The maximum atomic E-state index is 14.7. The fourth-order valence-electron chi connectivity index (χ4n) is 7.09. The summed E-state index contributed by atoms with van der Waals surface area (Å²) in [5.41, 5.74) is -2.01. The third-order valence-electron chi connectivity index (χ3n) is 7.25. The van der Waals surface area contributed by atoms with Crippen molar-refractivity contribution in [2.75, 3.05) is 0 Å². The van der Waals surface area contributed by atoms with Gasteiger partial charge in [-0.15, -0.1) is 0 Å². The quantitative estimate of drug-likeness (QED) is 0.497. The van der Waals surface area contributed by atoms with Gasteiger partial charge >= 0.3 is 11.9 Å². The molecule has 4 bridgehead atoms. The highest BCUT2D eigenvalue weighted by Gasteiger charge is 2.92. The van der Waals surface area contributed by atoms with E-state index in [1.165, 1.54) is 0 Å². The number of hydrogen-bond donors (Lipinski definition) is 0. The molecule has 4 aliphatic carbocycles. The van der Waals surface area contributed by atoms with E-state index in [-0.39, 0.29) is 17.8 Å². The molecule has 0 amide bonds. The Morgan fingerprint density at radius 1 is 1.00 bits per heavy atom. The highest BCUT2D eigenvalue weighted by molar-refractivity contribution is 6.05. The van der Waals surface area contributed by atoms with E-state index in [1.807, 2.05) is 0 Å². The molecule has 6 atom stereocenters. The van der Waals surface area contributed by atoms with E-state index >= 15 is 0 Å². The van der Waals surface area contributed by atoms with Gasteiger partial charge in [-0.05, 0) is 37.5 Å². The monoisotopic (exact) mass is 275 g/mol. The molecule has 0 N–H and O–H groups in total. The van der Waals surface area contributed by atoms with Gasteiger partial charge < -0.3 is 4.74 Å². The summed E-state index contributed by atoms with van der Waals surface area (Å²) >= 11 is 0. The maximum absolute atomic E-state index is 14.7. The maximum Gasteiger partial charge on any atom is 0.321 e. The lowest BCUT2D eigenvalue weighted by atomic mass is 9.51. The van der Waals surface area contributed by atoms with E-state index in [0.717, 1.165) is 12.8 Å². The van der Waals surface area contributed by atoms with Gasteiger partial charge in [0.2, 0.25) is 0 Å². The fraction of sp³-hybridized carbons (Fsp3) is 0.800. The Labute approximate surface area is 115 Å². The topological polar surface area (TPSA) is 67.2 Å². The third-order valence-corrected chi connectivity index (χ3v) is 7.25. The minimum atomic E-state index is -1.07. The van der Waals surface area contributed by atoms with Crippen LogP contribution in [-0.2, 0) is 14.3 Å². The summed E-state index contributed by atoms with van der Waals surface area (Å²) in [4.78, 5) is 25.1. The molecule has 1 heterocycles. The number of nitrogens with zero attached hydrogens (tertiary/aromatic N) is 1. The number of halogens is 1. The zero-order valence-corrected chi connectivity index (χ0v) is 10.8. The largest absolute Gasteiger partial charge is 0.392 e. The number of carbonyl (C=O) groups is 2. The molecule has 20 heavy (non-hydrogen) atoms. The number of alkyl halides is 1. The SMILES string of the molecule is N#CC1C2CCC1C13C(=O)OC(=O)C21C1CCC3C1F. The lowest BCUT2D eigenvalue weighted by Gasteiger charge is -2.45. The molecule has 5 fully saturated rings. The van der Waals surface area contributed by atoms with E-state index in [4.69, 9.17) is 4.74 Å². The Bertz CT molecular complexity index is 569. The zero-order chi connectivity index (χ0) is 13.9. The molecule has 0 aromatic carbocycles. The lowest BCUT2D eigenvalue weighted by Crippen LogP contribution is -2.53. The predicted octanol–water partition coefficient (Wildman–Crippen LogP) is 1.60. The predicted molar refractivity (Wildman–Crippen MR) is 62.4 cm³/mol. The van der Waals surface area contributed by atoms with Crippen molar-refractivity contribution in [1.29, 1.82) is 5.26 Å². The van der Waals surface area contributed by atoms with Crippen molar-refractivity contribution in [1.82, 2.24) is 0 Å². The number of fused-ring (bicyclic) bond motifs is 4. The molecule has 0 aromatic rings. The van der Waals surface area contributed by atoms with Gasteiger partial charge in [-0.1, -0.05) is 0 Å². The van der Waals surface area contributed by atoms with Crippen LogP contribution in [0.2, 0.25) is 0 Å². The fourth-order valence-corrected chi connectivity index (χ4v) is 7.09. The average Bonchev–Trinajstić information content (AvgIpc) is 3.16. The van der Waals surface area contributed by atoms with Crippen LogP contribution in [0.4, 0.5) is 4.39 Å². The Morgan fingerprint density at radius 2 is 1.45 bits per heavy atom. The smallest absolute Gasteiger partial charge is 0.321 e. The Hall–Kier alpha value is -1.44. The molecular formula is C15H14FNO3. The molecule has 5 heteroatoms. The zero-order valence-electron chi connectivity index (χ0n) is 10.8. The van der Waals surface area contributed by atoms with Gasteiger partial charge in [-0.25, -0.2) is 4.39 Å².